The van der Waals surface area contributed by atoms with Crippen molar-refractivity contribution < 1.29 is 4.74 Å². The molecule has 2 aliphatic heterocycles. The van der Waals surface area contributed by atoms with Gasteiger partial charge in [0.15, 0.2) is 0 Å². The van der Waals surface area contributed by atoms with Crippen molar-refractivity contribution in [1.82, 2.24) is 15.1 Å². The maximum absolute atomic E-state index is 5.39. The fourth-order valence-electron chi connectivity index (χ4n) is 2.56. The van der Waals surface area contributed by atoms with Crippen LogP contribution in [0.5, 0.6) is 0 Å². The molecular weight excluding hydrogens is 190 g/mol. The van der Waals surface area contributed by atoms with Gasteiger partial charge >= 0.3 is 0 Å². The highest BCUT2D eigenvalue weighted by Crippen LogP contribution is 2.17. The van der Waals surface area contributed by atoms with Gasteiger partial charge in [-0.2, -0.15) is 0 Å². The second-order valence-corrected chi connectivity index (χ2v) is 4.70. The summed E-state index contributed by atoms with van der Waals surface area (Å²) in [5, 5.41) is 3.39. The highest BCUT2D eigenvalue weighted by molar-refractivity contribution is 4.83. The van der Waals surface area contributed by atoms with Crippen LogP contribution in [-0.2, 0) is 4.74 Å². The Morgan fingerprint density at radius 2 is 1.93 bits per heavy atom. The van der Waals surface area contributed by atoms with Crippen LogP contribution >= 0.6 is 0 Å². The number of ether oxygens (including phenoxy) is 1. The summed E-state index contributed by atoms with van der Waals surface area (Å²) in [6.45, 7) is 5.95. The first-order valence-corrected chi connectivity index (χ1v) is 5.98. The molecule has 2 unspecified atom stereocenters. The predicted octanol–water partition coefficient (Wildman–Crippen LogP) is -0.0417. The summed E-state index contributed by atoms with van der Waals surface area (Å²) in [7, 11) is 4.00. The fraction of sp³-hybridized carbons (Fsp3) is 1.00. The van der Waals surface area contributed by atoms with E-state index in [-0.39, 0.29) is 6.23 Å². The van der Waals surface area contributed by atoms with Crippen LogP contribution in [0.25, 0.3) is 0 Å². The van der Waals surface area contributed by atoms with Gasteiger partial charge in [-0.1, -0.05) is 0 Å². The maximum atomic E-state index is 5.39. The van der Waals surface area contributed by atoms with Crippen LogP contribution in [0, 0.1) is 0 Å². The number of piperidine rings is 1. The molecule has 0 amide bonds. The van der Waals surface area contributed by atoms with Crippen molar-refractivity contribution in [2.75, 3.05) is 46.9 Å². The number of nitrogens with zero attached hydrogens (tertiary/aromatic N) is 2. The minimum Gasteiger partial charge on any atom is -0.367 e. The van der Waals surface area contributed by atoms with Crippen molar-refractivity contribution in [1.29, 1.82) is 0 Å². The van der Waals surface area contributed by atoms with Gasteiger partial charge in [0.25, 0.3) is 0 Å². The Morgan fingerprint density at radius 1 is 1.20 bits per heavy atom. The molecule has 2 rings (SSSR count). The van der Waals surface area contributed by atoms with E-state index in [4.69, 9.17) is 4.74 Å². The molecule has 2 heterocycles. The van der Waals surface area contributed by atoms with Crippen molar-refractivity contribution in [3.8, 4) is 0 Å². The maximum Gasteiger partial charge on any atom is 0.109 e. The monoisotopic (exact) mass is 213 g/mol. The van der Waals surface area contributed by atoms with Gasteiger partial charge in [0, 0.05) is 45.8 Å². The molecule has 2 atom stereocenters. The lowest BCUT2D eigenvalue weighted by Crippen LogP contribution is -2.54. The summed E-state index contributed by atoms with van der Waals surface area (Å²) < 4.78 is 5.39. The third-order valence-electron chi connectivity index (χ3n) is 3.67. The Kier molecular flexibility index (Phi) is 3.97. The van der Waals surface area contributed by atoms with E-state index in [1.165, 1.54) is 32.6 Å². The van der Waals surface area contributed by atoms with Crippen molar-refractivity contribution in [2.45, 2.75) is 25.1 Å². The Balaban J connectivity index is 1.82. The number of hydrogen-bond acceptors (Lipinski definition) is 4. The summed E-state index contributed by atoms with van der Waals surface area (Å²) in [5.74, 6) is 0. The van der Waals surface area contributed by atoms with Crippen molar-refractivity contribution in [3.63, 3.8) is 0 Å². The Morgan fingerprint density at radius 3 is 2.60 bits per heavy atom. The zero-order valence-corrected chi connectivity index (χ0v) is 9.91. The molecule has 0 aliphatic carbocycles. The highest BCUT2D eigenvalue weighted by Gasteiger charge is 2.27. The molecule has 2 saturated heterocycles. The number of hydrogen-bond donors (Lipinski definition) is 1. The van der Waals surface area contributed by atoms with Gasteiger partial charge < -0.3 is 9.64 Å². The van der Waals surface area contributed by atoms with E-state index in [1.807, 2.05) is 0 Å². The third kappa shape index (κ3) is 2.91. The number of piperazine rings is 1. The molecule has 2 aliphatic rings. The molecule has 0 bridgehead atoms. The molecule has 0 aromatic heterocycles. The van der Waals surface area contributed by atoms with Gasteiger partial charge in [-0.3, -0.25) is 10.2 Å². The lowest BCUT2D eigenvalue weighted by Gasteiger charge is -2.41. The van der Waals surface area contributed by atoms with Crippen LogP contribution in [0.3, 0.4) is 0 Å². The van der Waals surface area contributed by atoms with Gasteiger partial charge in [0.1, 0.15) is 6.23 Å². The molecule has 88 valence electrons. The molecule has 1 N–H and O–H groups in total. The van der Waals surface area contributed by atoms with Crippen LogP contribution in [-0.4, -0.2) is 69.0 Å². The van der Waals surface area contributed by atoms with Crippen LogP contribution in [0.1, 0.15) is 12.8 Å². The van der Waals surface area contributed by atoms with E-state index >= 15 is 0 Å². The van der Waals surface area contributed by atoms with Crippen molar-refractivity contribution in [2.24, 2.45) is 0 Å². The first kappa shape index (κ1) is 11.3. The standard InChI is InChI=1S/C11H23N3O/c1-13-5-7-14(8-6-13)10-3-4-12-11(9-10)15-2/h10-12H,3-9H2,1-2H3. The van der Waals surface area contributed by atoms with Crippen LogP contribution in [0.2, 0.25) is 0 Å². The summed E-state index contributed by atoms with van der Waals surface area (Å²) in [6.07, 6.45) is 2.67. The van der Waals surface area contributed by atoms with Crippen molar-refractivity contribution in [3.05, 3.63) is 0 Å². The largest absolute Gasteiger partial charge is 0.367 e. The highest BCUT2D eigenvalue weighted by atomic mass is 16.5. The number of nitrogens with one attached hydrogen (secondary N) is 1. The lowest BCUT2D eigenvalue weighted by molar-refractivity contribution is 0.00304. The zero-order chi connectivity index (χ0) is 10.7. The van der Waals surface area contributed by atoms with Crippen LogP contribution < -0.4 is 5.32 Å². The summed E-state index contributed by atoms with van der Waals surface area (Å²) in [6, 6.07) is 0.727. The van der Waals surface area contributed by atoms with Crippen molar-refractivity contribution >= 4 is 0 Å². The van der Waals surface area contributed by atoms with E-state index in [2.05, 4.69) is 22.2 Å². The lowest BCUT2D eigenvalue weighted by atomic mass is 10.0. The number of likely N-dealkylation sites (N-methyl/N-ethyl adjacent to an activating group) is 1. The molecule has 0 spiro atoms. The average molecular weight is 213 g/mol. The molecule has 4 nitrogen and oxygen atoms in total. The minimum atomic E-state index is 0.267. The number of methoxy groups -OCH3 is 1. The average Bonchev–Trinajstić information content (AvgIpc) is 2.30. The molecule has 15 heavy (non-hydrogen) atoms. The van der Waals surface area contributed by atoms with Crippen LogP contribution in [0.15, 0.2) is 0 Å². The van der Waals surface area contributed by atoms with E-state index in [0.29, 0.717) is 0 Å². The Labute approximate surface area is 92.6 Å². The normalized spacial score (nSPS) is 35.6. The molecule has 0 aromatic rings. The molecule has 4 heteroatoms. The minimum absolute atomic E-state index is 0.267. The quantitative estimate of drug-likeness (QED) is 0.696. The Bertz CT molecular complexity index is 192. The van der Waals surface area contributed by atoms with Crippen LogP contribution in [0.4, 0.5) is 0 Å². The summed E-state index contributed by atoms with van der Waals surface area (Å²) >= 11 is 0. The van der Waals surface area contributed by atoms with E-state index < -0.39 is 0 Å². The first-order chi connectivity index (χ1) is 7.29. The van der Waals surface area contributed by atoms with E-state index in [9.17, 15) is 0 Å². The second kappa shape index (κ2) is 5.25. The molecule has 0 radical (unpaired) electrons. The fourth-order valence-corrected chi connectivity index (χ4v) is 2.56. The zero-order valence-electron chi connectivity index (χ0n) is 9.91. The van der Waals surface area contributed by atoms with E-state index in [0.717, 1.165) is 19.0 Å². The van der Waals surface area contributed by atoms with Gasteiger partial charge in [-0.15, -0.1) is 0 Å². The third-order valence-corrected chi connectivity index (χ3v) is 3.67. The second-order valence-electron chi connectivity index (χ2n) is 4.70. The predicted molar refractivity (Wildman–Crippen MR) is 60.9 cm³/mol. The summed E-state index contributed by atoms with van der Waals surface area (Å²) in [5.41, 5.74) is 0. The van der Waals surface area contributed by atoms with Gasteiger partial charge in [-0.25, -0.2) is 0 Å². The van der Waals surface area contributed by atoms with Gasteiger partial charge in [0.2, 0.25) is 0 Å². The van der Waals surface area contributed by atoms with Gasteiger partial charge in [-0.05, 0) is 20.0 Å². The van der Waals surface area contributed by atoms with E-state index in [1.54, 1.807) is 7.11 Å². The summed E-state index contributed by atoms with van der Waals surface area (Å²) in [4.78, 5) is 5.04. The Hall–Kier alpha value is -0.160. The molecule has 0 saturated carbocycles. The first-order valence-electron chi connectivity index (χ1n) is 5.98. The topological polar surface area (TPSA) is 27.7 Å². The number of rotatable bonds is 2. The molecular formula is C11H23N3O. The van der Waals surface area contributed by atoms with Gasteiger partial charge in [0.05, 0.1) is 0 Å². The molecule has 2 fully saturated rings. The SMILES string of the molecule is COC1CC(N2CCN(C)CC2)CCN1. The molecule has 0 aromatic carbocycles. The smallest absolute Gasteiger partial charge is 0.109 e.